The Hall–Kier alpha value is -2.14. The van der Waals surface area contributed by atoms with Crippen LogP contribution in [-0.2, 0) is 6.42 Å². The molecule has 0 bridgehead atoms. The molecule has 0 aliphatic carbocycles. The molecule has 5 nitrogen and oxygen atoms in total. The maximum Gasteiger partial charge on any atom is 0.196 e. The third kappa shape index (κ3) is 3.13. The largest absolute Gasteiger partial charge is 0.441 e. The number of oxazole rings is 1. The third-order valence-electron chi connectivity index (χ3n) is 3.31. The zero-order chi connectivity index (χ0) is 14.7. The van der Waals surface area contributed by atoms with Crippen molar-refractivity contribution in [1.29, 1.82) is 0 Å². The SMILES string of the molecule is CC(C)CNCCc1ncc(-c2cnn3ccccc23)o1. The molecule has 21 heavy (non-hydrogen) atoms. The summed E-state index contributed by atoms with van der Waals surface area (Å²) in [4.78, 5) is 4.35. The summed E-state index contributed by atoms with van der Waals surface area (Å²) < 4.78 is 7.67. The Kier molecular flexibility index (Phi) is 4.01. The lowest BCUT2D eigenvalue weighted by Gasteiger charge is -2.05. The van der Waals surface area contributed by atoms with Crippen LogP contribution in [0.5, 0.6) is 0 Å². The van der Waals surface area contributed by atoms with Crippen molar-refractivity contribution in [3.8, 4) is 11.3 Å². The molecular weight excluding hydrogens is 264 g/mol. The number of rotatable bonds is 6. The monoisotopic (exact) mass is 284 g/mol. The Balaban J connectivity index is 1.70. The van der Waals surface area contributed by atoms with Gasteiger partial charge in [-0.25, -0.2) is 9.50 Å². The number of pyridine rings is 1. The molecule has 0 aliphatic heterocycles. The molecule has 0 aromatic carbocycles. The van der Waals surface area contributed by atoms with Gasteiger partial charge < -0.3 is 9.73 Å². The maximum atomic E-state index is 5.84. The van der Waals surface area contributed by atoms with E-state index in [1.54, 1.807) is 6.20 Å². The summed E-state index contributed by atoms with van der Waals surface area (Å²) in [6.45, 7) is 6.29. The fourth-order valence-corrected chi connectivity index (χ4v) is 2.26. The van der Waals surface area contributed by atoms with Gasteiger partial charge >= 0.3 is 0 Å². The van der Waals surface area contributed by atoms with Crippen LogP contribution in [0.25, 0.3) is 16.8 Å². The Labute approximate surface area is 124 Å². The minimum Gasteiger partial charge on any atom is -0.441 e. The normalized spacial score (nSPS) is 11.6. The quantitative estimate of drug-likeness (QED) is 0.707. The Morgan fingerprint density at radius 2 is 2.19 bits per heavy atom. The molecule has 0 saturated heterocycles. The highest BCUT2D eigenvalue weighted by Crippen LogP contribution is 2.24. The predicted octanol–water partition coefficient (Wildman–Crippen LogP) is 2.78. The van der Waals surface area contributed by atoms with Crippen LogP contribution in [-0.4, -0.2) is 27.7 Å². The number of hydrogen-bond donors (Lipinski definition) is 1. The lowest BCUT2D eigenvalue weighted by atomic mass is 10.2. The predicted molar refractivity (Wildman–Crippen MR) is 82.1 cm³/mol. The number of nitrogens with zero attached hydrogens (tertiary/aromatic N) is 3. The van der Waals surface area contributed by atoms with Gasteiger partial charge in [0.1, 0.15) is 0 Å². The molecule has 0 aliphatic rings. The number of fused-ring (bicyclic) bond motifs is 1. The highest BCUT2D eigenvalue weighted by molar-refractivity contribution is 5.76. The van der Waals surface area contributed by atoms with Gasteiger partial charge in [-0.3, -0.25) is 0 Å². The number of hydrogen-bond acceptors (Lipinski definition) is 4. The summed E-state index contributed by atoms with van der Waals surface area (Å²) in [6.07, 6.45) is 6.32. The van der Waals surface area contributed by atoms with E-state index in [1.807, 2.05) is 35.1 Å². The lowest BCUT2D eigenvalue weighted by Crippen LogP contribution is -2.22. The van der Waals surface area contributed by atoms with Crippen LogP contribution < -0.4 is 5.32 Å². The average molecular weight is 284 g/mol. The summed E-state index contributed by atoms with van der Waals surface area (Å²) in [5, 5.41) is 7.71. The first-order chi connectivity index (χ1) is 10.2. The molecule has 0 radical (unpaired) electrons. The van der Waals surface area contributed by atoms with E-state index in [2.05, 4.69) is 29.2 Å². The second-order valence-corrected chi connectivity index (χ2v) is 5.55. The van der Waals surface area contributed by atoms with Crippen LogP contribution in [0.3, 0.4) is 0 Å². The van der Waals surface area contributed by atoms with Gasteiger partial charge in [-0.05, 0) is 24.6 Å². The van der Waals surface area contributed by atoms with Crippen LogP contribution in [0.1, 0.15) is 19.7 Å². The molecule has 0 unspecified atom stereocenters. The van der Waals surface area contributed by atoms with Gasteiger partial charge in [-0.1, -0.05) is 19.9 Å². The van der Waals surface area contributed by atoms with E-state index in [9.17, 15) is 0 Å². The number of aromatic nitrogens is 3. The molecule has 110 valence electrons. The van der Waals surface area contributed by atoms with Crippen LogP contribution in [0.4, 0.5) is 0 Å². The third-order valence-corrected chi connectivity index (χ3v) is 3.31. The molecule has 0 fully saturated rings. The molecule has 3 aromatic heterocycles. The summed E-state index contributed by atoms with van der Waals surface area (Å²) >= 11 is 0. The Morgan fingerprint density at radius 1 is 1.29 bits per heavy atom. The van der Waals surface area contributed by atoms with Crippen LogP contribution in [0, 0.1) is 5.92 Å². The maximum absolute atomic E-state index is 5.84. The van der Waals surface area contributed by atoms with Crippen molar-refractivity contribution in [2.24, 2.45) is 5.92 Å². The zero-order valence-corrected chi connectivity index (χ0v) is 12.4. The molecule has 1 N–H and O–H groups in total. The van der Waals surface area contributed by atoms with E-state index in [4.69, 9.17) is 4.42 Å². The lowest BCUT2D eigenvalue weighted by molar-refractivity contribution is 0.483. The summed E-state index contributed by atoms with van der Waals surface area (Å²) in [6, 6.07) is 5.97. The summed E-state index contributed by atoms with van der Waals surface area (Å²) in [5.41, 5.74) is 2.00. The highest BCUT2D eigenvalue weighted by Gasteiger charge is 2.11. The molecule has 0 amide bonds. The van der Waals surface area contributed by atoms with Crippen molar-refractivity contribution >= 4 is 5.52 Å². The average Bonchev–Trinajstić information content (AvgIpc) is 3.09. The van der Waals surface area contributed by atoms with Gasteiger partial charge in [-0.2, -0.15) is 5.10 Å². The van der Waals surface area contributed by atoms with Gasteiger partial charge in [-0.15, -0.1) is 0 Å². The Morgan fingerprint density at radius 3 is 3.05 bits per heavy atom. The smallest absolute Gasteiger partial charge is 0.196 e. The van der Waals surface area contributed by atoms with E-state index in [-0.39, 0.29) is 0 Å². The van der Waals surface area contributed by atoms with E-state index < -0.39 is 0 Å². The first kappa shape index (κ1) is 13.8. The minimum absolute atomic E-state index is 0.656. The fourth-order valence-electron chi connectivity index (χ4n) is 2.26. The Bertz CT molecular complexity index is 714. The summed E-state index contributed by atoms with van der Waals surface area (Å²) in [7, 11) is 0. The van der Waals surface area contributed by atoms with Crippen molar-refractivity contribution in [3.05, 3.63) is 42.7 Å². The molecule has 3 heterocycles. The highest BCUT2D eigenvalue weighted by atomic mass is 16.4. The van der Waals surface area contributed by atoms with Crippen molar-refractivity contribution in [3.63, 3.8) is 0 Å². The second-order valence-electron chi connectivity index (χ2n) is 5.55. The van der Waals surface area contributed by atoms with E-state index in [1.165, 1.54) is 0 Å². The van der Waals surface area contributed by atoms with Gasteiger partial charge in [0.15, 0.2) is 11.7 Å². The molecule has 0 atom stereocenters. The molecular formula is C16H20N4O. The van der Waals surface area contributed by atoms with Crippen LogP contribution in [0.2, 0.25) is 0 Å². The zero-order valence-electron chi connectivity index (χ0n) is 12.4. The van der Waals surface area contributed by atoms with Gasteiger partial charge in [0.05, 0.1) is 23.5 Å². The van der Waals surface area contributed by atoms with Gasteiger partial charge in [0, 0.05) is 19.2 Å². The van der Waals surface area contributed by atoms with Crippen LogP contribution >= 0.6 is 0 Å². The molecule has 0 spiro atoms. The van der Waals surface area contributed by atoms with Gasteiger partial charge in [0.2, 0.25) is 0 Å². The van der Waals surface area contributed by atoms with E-state index in [0.29, 0.717) is 5.92 Å². The van der Waals surface area contributed by atoms with Crippen molar-refractivity contribution < 1.29 is 4.42 Å². The fraction of sp³-hybridized carbons (Fsp3) is 0.375. The number of nitrogens with one attached hydrogen (secondary N) is 1. The van der Waals surface area contributed by atoms with Crippen molar-refractivity contribution in [1.82, 2.24) is 19.9 Å². The van der Waals surface area contributed by atoms with Gasteiger partial charge in [0.25, 0.3) is 0 Å². The van der Waals surface area contributed by atoms with Crippen molar-refractivity contribution in [2.75, 3.05) is 13.1 Å². The minimum atomic E-state index is 0.656. The summed E-state index contributed by atoms with van der Waals surface area (Å²) in [5.74, 6) is 2.19. The van der Waals surface area contributed by atoms with Crippen LogP contribution in [0.15, 0.2) is 41.2 Å². The first-order valence-corrected chi connectivity index (χ1v) is 7.32. The molecule has 3 aromatic rings. The standard InChI is InChI=1S/C16H20N4O/c1-12(2)9-17-7-6-16-18-11-15(21-16)13-10-19-20-8-4-3-5-14(13)20/h3-5,8,10-12,17H,6-7,9H2,1-2H3. The first-order valence-electron chi connectivity index (χ1n) is 7.32. The topological polar surface area (TPSA) is 55.4 Å². The van der Waals surface area contributed by atoms with Crippen molar-refractivity contribution in [2.45, 2.75) is 20.3 Å². The van der Waals surface area contributed by atoms with E-state index >= 15 is 0 Å². The molecule has 5 heteroatoms. The second kappa shape index (κ2) is 6.10. The molecule has 0 saturated carbocycles. The van der Waals surface area contributed by atoms with E-state index in [0.717, 1.165) is 42.2 Å². The molecule has 3 rings (SSSR count).